The van der Waals surface area contributed by atoms with Gasteiger partial charge < -0.3 is 5.32 Å². The van der Waals surface area contributed by atoms with Gasteiger partial charge >= 0.3 is 0 Å². The summed E-state index contributed by atoms with van der Waals surface area (Å²) in [5, 5.41) is 3.24. The molecule has 0 spiro atoms. The molecule has 1 N–H and O–H groups in total. The van der Waals surface area contributed by atoms with E-state index in [1.807, 2.05) is 20.8 Å². The average Bonchev–Trinajstić information content (AvgIpc) is 2.21. The molecule has 18 heavy (non-hydrogen) atoms. The maximum Gasteiger partial charge on any atom is 0.138 e. The Balaban J connectivity index is 2.47. The highest BCUT2D eigenvalue weighted by Crippen LogP contribution is 2.16. The molecular formula is C14H19BrFNO. The molecule has 0 radical (unpaired) electrons. The minimum absolute atomic E-state index is 0.00129. The van der Waals surface area contributed by atoms with E-state index in [1.165, 1.54) is 6.07 Å². The molecule has 0 heterocycles. The molecule has 0 aromatic heterocycles. The van der Waals surface area contributed by atoms with E-state index in [0.717, 1.165) is 4.47 Å². The van der Waals surface area contributed by atoms with Crippen LogP contribution in [0.2, 0.25) is 0 Å². The van der Waals surface area contributed by atoms with Gasteiger partial charge in [-0.25, -0.2) is 4.39 Å². The average molecular weight is 316 g/mol. The zero-order valence-electron chi connectivity index (χ0n) is 11.0. The maximum atomic E-state index is 13.5. The molecule has 0 amide bonds. The molecule has 0 aliphatic heterocycles. The number of carbonyl (C=O) groups excluding carboxylic acids is 1. The lowest BCUT2D eigenvalue weighted by molar-refractivity contribution is -0.118. The fourth-order valence-electron chi connectivity index (χ4n) is 1.56. The number of rotatable bonds is 5. The Hall–Kier alpha value is -0.740. The molecule has 0 atom stereocenters. The van der Waals surface area contributed by atoms with Crippen molar-refractivity contribution in [2.75, 3.05) is 6.54 Å². The van der Waals surface area contributed by atoms with Crippen LogP contribution in [0.25, 0.3) is 0 Å². The molecule has 4 heteroatoms. The lowest BCUT2D eigenvalue weighted by Gasteiger charge is -2.20. The van der Waals surface area contributed by atoms with Gasteiger partial charge in [-0.05, 0) is 44.5 Å². The largest absolute Gasteiger partial charge is 0.312 e. The van der Waals surface area contributed by atoms with Gasteiger partial charge in [-0.15, -0.1) is 0 Å². The normalized spacial score (nSPS) is 11.6. The number of nitrogens with one attached hydrogen (secondary N) is 1. The Kier molecular flexibility index (Phi) is 5.47. The van der Waals surface area contributed by atoms with Crippen molar-refractivity contribution < 1.29 is 9.18 Å². The molecule has 0 saturated carbocycles. The number of benzene rings is 1. The molecule has 1 aromatic rings. The van der Waals surface area contributed by atoms with E-state index in [-0.39, 0.29) is 23.6 Å². The van der Waals surface area contributed by atoms with Crippen molar-refractivity contribution in [2.24, 2.45) is 0 Å². The van der Waals surface area contributed by atoms with Gasteiger partial charge in [-0.3, -0.25) is 4.79 Å². The van der Waals surface area contributed by atoms with Crippen LogP contribution in [0.5, 0.6) is 0 Å². The van der Waals surface area contributed by atoms with Gasteiger partial charge in [-0.2, -0.15) is 0 Å². The lowest BCUT2D eigenvalue weighted by atomic mass is 10.1. The fraction of sp³-hybridized carbons (Fsp3) is 0.500. The molecule has 0 saturated heterocycles. The van der Waals surface area contributed by atoms with Crippen LogP contribution in [0.3, 0.4) is 0 Å². The van der Waals surface area contributed by atoms with E-state index < -0.39 is 0 Å². The van der Waals surface area contributed by atoms with Gasteiger partial charge in [0.25, 0.3) is 0 Å². The van der Waals surface area contributed by atoms with Crippen LogP contribution in [-0.4, -0.2) is 17.9 Å². The Morgan fingerprint density at radius 1 is 1.39 bits per heavy atom. The summed E-state index contributed by atoms with van der Waals surface area (Å²) in [5.74, 6) is -0.279. The second kappa shape index (κ2) is 6.43. The molecule has 0 bridgehead atoms. The molecule has 0 fully saturated rings. The highest BCUT2D eigenvalue weighted by Gasteiger charge is 2.11. The first-order chi connectivity index (χ1) is 8.28. The maximum absolute atomic E-state index is 13.5. The third-order valence-corrected chi connectivity index (χ3v) is 2.95. The van der Waals surface area contributed by atoms with E-state index in [4.69, 9.17) is 0 Å². The van der Waals surface area contributed by atoms with E-state index in [9.17, 15) is 9.18 Å². The van der Waals surface area contributed by atoms with E-state index in [2.05, 4.69) is 21.2 Å². The number of Topliss-reactive ketones (excluding diaryl/α,β-unsaturated/α-hetero) is 1. The summed E-state index contributed by atoms with van der Waals surface area (Å²) in [5.41, 5.74) is 0.450. The molecule has 0 unspecified atom stereocenters. The van der Waals surface area contributed by atoms with Crippen LogP contribution in [0.1, 0.15) is 32.8 Å². The molecular weight excluding hydrogens is 297 g/mol. The number of hydrogen-bond donors (Lipinski definition) is 1. The van der Waals surface area contributed by atoms with Crippen LogP contribution in [0.15, 0.2) is 22.7 Å². The van der Waals surface area contributed by atoms with Gasteiger partial charge in [0, 0.05) is 29.4 Å². The van der Waals surface area contributed by atoms with Gasteiger partial charge in [0.1, 0.15) is 11.6 Å². The van der Waals surface area contributed by atoms with Gasteiger partial charge in [0.15, 0.2) is 0 Å². The number of halogens is 2. The predicted octanol–water partition coefficient (Wildman–Crippen LogP) is 3.48. The monoisotopic (exact) mass is 315 g/mol. The first-order valence-corrected chi connectivity index (χ1v) is 6.78. The zero-order valence-corrected chi connectivity index (χ0v) is 12.6. The SMILES string of the molecule is CC(C)(C)NCCC(=O)Cc1cc(Br)ccc1F. The van der Waals surface area contributed by atoms with Crippen molar-refractivity contribution in [3.63, 3.8) is 0 Å². The van der Waals surface area contributed by atoms with Crippen LogP contribution in [-0.2, 0) is 11.2 Å². The second-order valence-corrected chi connectivity index (χ2v) is 6.29. The van der Waals surface area contributed by atoms with Crippen LogP contribution in [0.4, 0.5) is 4.39 Å². The Morgan fingerprint density at radius 3 is 2.67 bits per heavy atom. The third-order valence-electron chi connectivity index (χ3n) is 2.45. The highest BCUT2D eigenvalue weighted by atomic mass is 79.9. The summed E-state index contributed by atoms with van der Waals surface area (Å²) < 4.78 is 14.2. The zero-order chi connectivity index (χ0) is 13.8. The summed E-state index contributed by atoms with van der Waals surface area (Å²) in [7, 11) is 0. The van der Waals surface area contributed by atoms with Crippen molar-refractivity contribution >= 4 is 21.7 Å². The molecule has 100 valence electrons. The molecule has 2 nitrogen and oxygen atoms in total. The first kappa shape index (κ1) is 15.3. The topological polar surface area (TPSA) is 29.1 Å². The Labute approximate surface area is 116 Å². The minimum Gasteiger partial charge on any atom is -0.312 e. The van der Waals surface area contributed by atoms with Gasteiger partial charge in [0.05, 0.1) is 0 Å². The van der Waals surface area contributed by atoms with E-state index in [0.29, 0.717) is 18.5 Å². The smallest absolute Gasteiger partial charge is 0.138 e. The van der Waals surface area contributed by atoms with Gasteiger partial charge in [0.2, 0.25) is 0 Å². The van der Waals surface area contributed by atoms with E-state index >= 15 is 0 Å². The van der Waals surface area contributed by atoms with Crippen LogP contribution >= 0.6 is 15.9 Å². The second-order valence-electron chi connectivity index (χ2n) is 5.38. The standard InChI is InChI=1S/C14H19BrFNO/c1-14(2,3)17-7-6-12(18)9-10-8-11(15)4-5-13(10)16/h4-5,8,17H,6-7,9H2,1-3H3. The summed E-state index contributed by atoms with van der Waals surface area (Å²) >= 11 is 3.27. The molecule has 0 aliphatic carbocycles. The number of hydrogen-bond acceptors (Lipinski definition) is 2. The number of carbonyl (C=O) groups is 1. The summed E-state index contributed by atoms with van der Waals surface area (Å²) in [4.78, 5) is 11.7. The van der Waals surface area contributed by atoms with Crippen LogP contribution in [0, 0.1) is 5.82 Å². The summed E-state index contributed by atoms with van der Waals surface area (Å²) in [6.45, 7) is 6.76. The summed E-state index contributed by atoms with van der Waals surface area (Å²) in [6.07, 6.45) is 0.570. The molecule has 0 aliphatic rings. The first-order valence-electron chi connectivity index (χ1n) is 5.98. The predicted molar refractivity (Wildman–Crippen MR) is 75.2 cm³/mol. The quantitative estimate of drug-likeness (QED) is 0.901. The van der Waals surface area contributed by atoms with Crippen molar-refractivity contribution in [1.29, 1.82) is 0 Å². The van der Waals surface area contributed by atoms with Crippen molar-refractivity contribution in [3.8, 4) is 0 Å². The van der Waals surface area contributed by atoms with Crippen molar-refractivity contribution in [3.05, 3.63) is 34.1 Å². The third kappa shape index (κ3) is 5.74. The molecule has 1 rings (SSSR count). The lowest BCUT2D eigenvalue weighted by Crippen LogP contribution is -2.37. The Bertz CT molecular complexity index is 426. The minimum atomic E-state index is -0.324. The summed E-state index contributed by atoms with van der Waals surface area (Å²) in [6, 6.07) is 4.66. The van der Waals surface area contributed by atoms with Crippen molar-refractivity contribution in [2.45, 2.75) is 39.2 Å². The van der Waals surface area contributed by atoms with Crippen molar-refractivity contribution in [1.82, 2.24) is 5.32 Å². The molecule has 1 aromatic carbocycles. The van der Waals surface area contributed by atoms with Crippen LogP contribution < -0.4 is 5.32 Å². The fourth-order valence-corrected chi connectivity index (χ4v) is 1.97. The highest BCUT2D eigenvalue weighted by molar-refractivity contribution is 9.10. The Morgan fingerprint density at radius 2 is 2.06 bits per heavy atom. The number of ketones is 1. The van der Waals surface area contributed by atoms with E-state index in [1.54, 1.807) is 12.1 Å². The van der Waals surface area contributed by atoms with Gasteiger partial charge in [-0.1, -0.05) is 15.9 Å².